The smallest absolute Gasteiger partial charge is 0.254 e. The first-order valence-electron chi connectivity index (χ1n) is 5.55. The van der Waals surface area contributed by atoms with Crippen LogP contribution in [0.3, 0.4) is 0 Å². The summed E-state index contributed by atoms with van der Waals surface area (Å²) in [6.07, 6.45) is 0. The van der Waals surface area contributed by atoms with Gasteiger partial charge >= 0.3 is 0 Å². The average Bonchev–Trinajstić information content (AvgIpc) is 2.28. The molecular weight excluding hydrogens is 273 g/mol. The van der Waals surface area contributed by atoms with Gasteiger partial charge in [0.2, 0.25) is 0 Å². The topological polar surface area (TPSA) is 35.6 Å². The molecule has 1 amide bonds. The summed E-state index contributed by atoms with van der Waals surface area (Å²) in [5.74, 6) is -0.0298. The second kappa shape index (κ2) is 6.27. The van der Waals surface area contributed by atoms with Gasteiger partial charge < -0.3 is 15.1 Å². The van der Waals surface area contributed by atoms with Gasteiger partial charge in [-0.25, -0.2) is 0 Å². The van der Waals surface area contributed by atoms with E-state index in [-0.39, 0.29) is 18.3 Å². The monoisotopic (exact) mass is 289 g/mol. The van der Waals surface area contributed by atoms with Crippen molar-refractivity contribution < 1.29 is 4.79 Å². The van der Waals surface area contributed by atoms with Crippen LogP contribution >= 0.6 is 24.0 Å². The highest BCUT2D eigenvalue weighted by Gasteiger charge is 2.22. The highest BCUT2D eigenvalue weighted by molar-refractivity contribution is 6.31. The molecule has 100 valence electrons. The maximum Gasteiger partial charge on any atom is 0.254 e. The van der Waals surface area contributed by atoms with E-state index >= 15 is 0 Å². The van der Waals surface area contributed by atoms with Crippen LogP contribution in [0.25, 0.3) is 0 Å². The normalized spacial score (nSPS) is 14.0. The Hall–Kier alpha value is -0.970. The van der Waals surface area contributed by atoms with Crippen molar-refractivity contribution >= 4 is 35.6 Å². The van der Waals surface area contributed by atoms with Gasteiger partial charge in [-0.05, 0) is 32.3 Å². The number of carbonyl (C=O) groups excluding carboxylic acids is 1. The first-order chi connectivity index (χ1) is 8.08. The first-order valence-corrected chi connectivity index (χ1v) is 5.93. The zero-order valence-corrected chi connectivity index (χ0v) is 12.0. The fraction of sp³-hybridized carbons (Fsp3) is 0.417. The Morgan fingerprint density at radius 1 is 1.44 bits per heavy atom. The molecule has 0 saturated carbocycles. The van der Waals surface area contributed by atoms with E-state index in [4.69, 9.17) is 11.6 Å². The average molecular weight is 290 g/mol. The Balaban J connectivity index is 0.00000162. The van der Waals surface area contributed by atoms with Crippen LogP contribution in [0.2, 0.25) is 5.02 Å². The molecule has 0 aromatic heterocycles. The molecule has 0 saturated heterocycles. The number of rotatable bonds is 3. The summed E-state index contributed by atoms with van der Waals surface area (Å²) in [4.78, 5) is 15.9. The summed E-state index contributed by atoms with van der Waals surface area (Å²) >= 11 is 5.98. The van der Waals surface area contributed by atoms with Crippen molar-refractivity contribution in [3.05, 3.63) is 28.8 Å². The van der Waals surface area contributed by atoms with E-state index in [0.717, 1.165) is 18.8 Å². The Morgan fingerprint density at radius 2 is 2.17 bits per heavy atom. The molecule has 1 aromatic rings. The van der Waals surface area contributed by atoms with E-state index in [1.54, 1.807) is 12.1 Å². The number of nitrogens with zero attached hydrogens (tertiary/aromatic N) is 2. The van der Waals surface area contributed by atoms with Crippen molar-refractivity contribution in [2.75, 3.05) is 38.8 Å². The molecule has 1 aliphatic rings. The molecule has 1 N–H and O–H groups in total. The summed E-state index contributed by atoms with van der Waals surface area (Å²) < 4.78 is 0. The Labute approximate surface area is 118 Å². The minimum atomic E-state index is -0.0298. The standard InChI is InChI=1S/C12H16ClN3O.ClH/c1-15(2)5-6-16-8-14-12(17)10-4-3-9(13)7-11(10)16;/h3-4,7H,5-6,8H2,1-2H3,(H,14,17);1H. The molecule has 1 heterocycles. The van der Waals surface area contributed by atoms with Crippen LogP contribution in [0.5, 0.6) is 0 Å². The van der Waals surface area contributed by atoms with Crippen LogP contribution in [0, 0.1) is 0 Å². The number of hydrogen-bond donors (Lipinski definition) is 1. The highest BCUT2D eigenvalue weighted by atomic mass is 35.5. The quantitative estimate of drug-likeness (QED) is 0.922. The van der Waals surface area contributed by atoms with Gasteiger partial charge in [-0.2, -0.15) is 0 Å². The number of halogens is 2. The molecule has 0 atom stereocenters. The lowest BCUT2D eigenvalue weighted by Crippen LogP contribution is -2.45. The molecule has 1 aliphatic heterocycles. The SMILES string of the molecule is CN(C)CCN1CNC(=O)c2ccc(Cl)cc21.Cl. The fourth-order valence-electron chi connectivity index (χ4n) is 1.83. The third-order valence-electron chi connectivity index (χ3n) is 2.79. The second-order valence-corrected chi connectivity index (χ2v) is 4.83. The van der Waals surface area contributed by atoms with Gasteiger partial charge in [0.1, 0.15) is 0 Å². The summed E-state index contributed by atoms with van der Waals surface area (Å²) in [5, 5.41) is 3.52. The van der Waals surface area contributed by atoms with Crippen LogP contribution in [0.4, 0.5) is 5.69 Å². The molecule has 2 rings (SSSR count). The van der Waals surface area contributed by atoms with Crippen molar-refractivity contribution in [1.82, 2.24) is 10.2 Å². The van der Waals surface area contributed by atoms with Gasteiger partial charge in [0.05, 0.1) is 17.9 Å². The van der Waals surface area contributed by atoms with E-state index in [2.05, 4.69) is 15.1 Å². The van der Waals surface area contributed by atoms with Gasteiger partial charge in [0, 0.05) is 18.1 Å². The summed E-state index contributed by atoms with van der Waals surface area (Å²) in [6, 6.07) is 5.37. The molecule has 0 spiro atoms. The van der Waals surface area contributed by atoms with Crippen LogP contribution in [0.1, 0.15) is 10.4 Å². The number of benzene rings is 1. The predicted molar refractivity (Wildman–Crippen MR) is 76.9 cm³/mol. The minimum absolute atomic E-state index is 0. The third-order valence-corrected chi connectivity index (χ3v) is 3.03. The van der Waals surface area contributed by atoms with Gasteiger partial charge in [-0.3, -0.25) is 4.79 Å². The second-order valence-electron chi connectivity index (χ2n) is 4.39. The van der Waals surface area contributed by atoms with Crippen LogP contribution in [-0.4, -0.2) is 44.7 Å². The molecule has 0 radical (unpaired) electrons. The third kappa shape index (κ3) is 3.28. The van der Waals surface area contributed by atoms with E-state index in [1.807, 2.05) is 20.2 Å². The van der Waals surface area contributed by atoms with E-state index in [9.17, 15) is 4.79 Å². The van der Waals surface area contributed by atoms with Crippen LogP contribution in [-0.2, 0) is 0 Å². The van der Waals surface area contributed by atoms with Crippen LogP contribution < -0.4 is 10.2 Å². The molecular formula is C12H17Cl2N3O. The van der Waals surface area contributed by atoms with E-state index < -0.39 is 0 Å². The number of hydrogen-bond acceptors (Lipinski definition) is 3. The van der Waals surface area contributed by atoms with Gasteiger partial charge in [-0.15, -0.1) is 12.4 Å². The fourth-order valence-corrected chi connectivity index (χ4v) is 1.99. The zero-order chi connectivity index (χ0) is 12.4. The highest BCUT2D eigenvalue weighted by Crippen LogP contribution is 2.26. The molecule has 6 heteroatoms. The van der Waals surface area contributed by atoms with Crippen molar-refractivity contribution in [1.29, 1.82) is 0 Å². The van der Waals surface area contributed by atoms with Crippen molar-refractivity contribution in [2.24, 2.45) is 0 Å². The lowest BCUT2D eigenvalue weighted by Gasteiger charge is -2.32. The predicted octanol–water partition coefficient (Wildman–Crippen LogP) is 1.83. The summed E-state index contributed by atoms with van der Waals surface area (Å²) in [6.45, 7) is 2.34. The summed E-state index contributed by atoms with van der Waals surface area (Å²) in [7, 11) is 4.06. The largest absolute Gasteiger partial charge is 0.352 e. The Bertz CT molecular complexity index is 437. The van der Waals surface area contributed by atoms with Gasteiger partial charge in [-0.1, -0.05) is 11.6 Å². The molecule has 4 nitrogen and oxygen atoms in total. The van der Waals surface area contributed by atoms with Gasteiger partial charge in [0.25, 0.3) is 5.91 Å². The van der Waals surface area contributed by atoms with Crippen LogP contribution in [0.15, 0.2) is 18.2 Å². The lowest BCUT2D eigenvalue weighted by atomic mass is 10.1. The van der Waals surface area contributed by atoms with Crippen molar-refractivity contribution in [3.8, 4) is 0 Å². The minimum Gasteiger partial charge on any atom is -0.352 e. The number of anilines is 1. The van der Waals surface area contributed by atoms with Gasteiger partial charge in [0.15, 0.2) is 0 Å². The number of likely N-dealkylation sites (N-methyl/N-ethyl adjacent to an activating group) is 1. The Kier molecular flexibility index (Phi) is 5.26. The first kappa shape index (κ1) is 15.1. The number of fused-ring (bicyclic) bond motifs is 1. The number of amides is 1. The molecule has 0 fully saturated rings. The van der Waals surface area contributed by atoms with Crippen molar-refractivity contribution in [2.45, 2.75) is 0 Å². The van der Waals surface area contributed by atoms with E-state index in [0.29, 0.717) is 17.3 Å². The molecule has 0 bridgehead atoms. The number of carbonyl (C=O) groups is 1. The maximum atomic E-state index is 11.7. The molecule has 1 aromatic carbocycles. The maximum absolute atomic E-state index is 11.7. The van der Waals surface area contributed by atoms with E-state index in [1.165, 1.54) is 0 Å². The summed E-state index contributed by atoms with van der Waals surface area (Å²) in [5.41, 5.74) is 1.61. The Morgan fingerprint density at radius 3 is 2.83 bits per heavy atom. The van der Waals surface area contributed by atoms with Crippen molar-refractivity contribution in [3.63, 3.8) is 0 Å². The molecule has 0 aliphatic carbocycles. The zero-order valence-electron chi connectivity index (χ0n) is 10.4. The number of nitrogens with one attached hydrogen (secondary N) is 1. The molecule has 18 heavy (non-hydrogen) atoms. The lowest BCUT2D eigenvalue weighted by molar-refractivity contribution is 0.0947. The molecule has 0 unspecified atom stereocenters.